The van der Waals surface area contributed by atoms with Crippen molar-refractivity contribution < 1.29 is 4.79 Å². The van der Waals surface area contributed by atoms with Crippen LogP contribution in [0.3, 0.4) is 0 Å². The van der Waals surface area contributed by atoms with Gasteiger partial charge in [-0.2, -0.15) is 0 Å². The highest BCUT2D eigenvalue weighted by Gasteiger charge is 2.36. The average Bonchev–Trinajstić information content (AvgIpc) is 3.11. The van der Waals surface area contributed by atoms with E-state index in [1.54, 1.807) is 0 Å². The molecule has 1 aromatic rings. The summed E-state index contributed by atoms with van der Waals surface area (Å²) in [6, 6.07) is 8.62. The normalized spacial score (nSPS) is 25.8. The van der Waals surface area contributed by atoms with E-state index in [0.29, 0.717) is 17.6 Å². The zero-order chi connectivity index (χ0) is 13.9. The number of ketones is 1. The van der Waals surface area contributed by atoms with Crippen LogP contribution in [0, 0.1) is 11.8 Å². The van der Waals surface area contributed by atoms with Gasteiger partial charge in [0.25, 0.3) is 0 Å². The first kappa shape index (κ1) is 13.6. The highest BCUT2D eigenvalue weighted by atomic mass is 16.1. The molecule has 0 radical (unpaired) electrons. The highest BCUT2D eigenvalue weighted by molar-refractivity contribution is 6.03. The number of carbonyl (C=O) groups excluding carboxylic acids is 1. The van der Waals surface area contributed by atoms with Crippen LogP contribution in [0.1, 0.15) is 56.6 Å². The van der Waals surface area contributed by atoms with Gasteiger partial charge in [0.15, 0.2) is 5.78 Å². The molecule has 1 heteroatoms. The maximum atomic E-state index is 12.6. The molecule has 0 spiro atoms. The molecule has 2 fully saturated rings. The summed E-state index contributed by atoms with van der Waals surface area (Å²) in [5, 5.41) is 0. The zero-order valence-corrected chi connectivity index (χ0v) is 12.4. The van der Waals surface area contributed by atoms with Crippen molar-refractivity contribution in [3.63, 3.8) is 0 Å². The Kier molecular flexibility index (Phi) is 4.05. The summed E-state index contributed by atoms with van der Waals surface area (Å²) in [5.74, 6) is 1.45. The smallest absolute Gasteiger partial charge is 0.162 e. The van der Waals surface area contributed by atoms with E-state index in [1.807, 2.05) is 0 Å². The van der Waals surface area contributed by atoms with E-state index in [-0.39, 0.29) is 0 Å². The molecule has 0 amide bonds. The second-order valence-corrected chi connectivity index (χ2v) is 6.32. The maximum Gasteiger partial charge on any atom is 0.162 e. The molecule has 0 aliphatic heterocycles. The first-order valence-electron chi connectivity index (χ1n) is 8.11. The Balaban J connectivity index is 1.73. The summed E-state index contributed by atoms with van der Waals surface area (Å²) in [5.41, 5.74) is 3.59. The van der Waals surface area contributed by atoms with Gasteiger partial charge < -0.3 is 0 Å². The van der Waals surface area contributed by atoms with Crippen LogP contribution in [0.4, 0.5) is 0 Å². The van der Waals surface area contributed by atoms with Crippen molar-refractivity contribution in [2.75, 3.05) is 0 Å². The van der Waals surface area contributed by atoms with Crippen molar-refractivity contribution in [3.05, 3.63) is 41.0 Å². The van der Waals surface area contributed by atoms with Gasteiger partial charge in [-0.15, -0.1) is 0 Å². The van der Waals surface area contributed by atoms with Gasteiger partial charge in [-0.25, -0.2) is 0 Å². The van der Waals surface area contributed by atoms with Gasteiger partial charge in [-0.05, 0) is 60.8 Å². The minimum Gasteiger partial charge on any atom is -0.294 e. The lowest BCUT2D eigenvalue weighted by Crippen LogP contribution is -2.16. The van der Waals surface area contributed by atoms with E-state index < -0.39 is 0 Å². The standard InChI is InChI=1S/C19H24O/c1-2-14-7-9-15(10-8-14)13-17-11-12-18(19(17)20)16-5-3-4-6-16/h7-10,13,16,18H,2-6,11-12H2,1H3/b17-13+/t18-/m0/s1. The molecule has 0 saturated heterocycles. The summed E-state index contributed by atoms with van der Waals surface area (Å²) in [6.45, 7) is 2.17. The van der Waals surface area contributed by atoms with Crippen molar-refractivity contribution >= 4 is 11.9 Å². The first-order chi connectivity index (χ1) is 9.78. The van der Waals surface area contributed by atoms with Crippen LogP contribution in [0.15, 0.2) is 29.8 Å². The Bertz CT molecular complexity index is 503. The lowest BCUT2D eigenvalue weighted by molar-refractivity contribution is -0.119. The second-order valence-electron chi connectivity index (χ2n) is 6.32. The second kappa shape index (κ2) is 5.95. The molecular weight excluding hydrogens is 244 g/mol. The average molecular weight is 268 g/mol. The Labute approximate surface area is 122 Å². The predicted molar refractivity (Wildman–Crippen MR) is 83.5 cm³/mol. The molecule has 1 nitrogen and oxygen atoms in total. The number of hydrogen-bond donors (Lipinski definition) is 0. The minimum atomic E-state index is 0.332. The molecule has 2 aliphatic carbocycles. The quantitative estimate of drug-likeness (QED) is 0.719. The zero-order valence-electron chi connectivity index (χ0n) is 12.4. The minimum absolute atomic E-state index is 0.332. The fraction of sp³-hybridized carbons (Fsp3) is 0.526. The van der Waals surface area contributed by atoms with E-state index >= 15 is 0 Å². The predicted octanol–water partition coefficient (Wildman–Crippen LogP) is 4.80. The molecule has 2 saturated carbocycles. The topological polar surface area (TPSA) is 17.1 Å². The van der Waals surface area contributed by atoms with E-state index in [4.69, 9.17) is 0 Å². The van der Waals surface area contributed by atoms with Crippen LogP contribution in [0.2, 0.25) is 0 Å². The van der Waals surface area contributed by atoms with E-state index in [2.05, 4.69) is 37.3 Å². The third-order valence-electron chi connectivity index (χ3n) is 5.08. The van der Waals surface area contributed by atoms with Crippen LogP contribution in [0.5, 0.6) is 0 Å². The van der Waals surface area contributed by atoms with Crippen molar-refractivity contribution in [1.82, 2.24) is 0 Å². The van der Waals surface area contributed by atoms with Gasteiger partial charge in [-0.3, -0.25) is 4.79 Å². The fourth-order valence-electron chi connectivity index (χ4n) is 3.81. The van der Waals surface area contributed by atoms with Gasteiger partial charge in [0.2, 0.25) is 0 Å². The molecule has 1 atom stereocenters. The Hall–Kier alpha value is -1.37. The number of aryl methyl sites for hydroxylation is 1. The third kappa shape index (κ3) is 2.72. The first-order valence-corrected chi connectivity index (χ1v) is 8.11. The van der Waals surface area contributed by atoms with Crippen LogP contribution < -0.4 is 0 Å². The van der Waals surface area contributed by atoms with Gasteiger partial charge in [0, 0.05) is 5.92 Å². The van der Waals surface area contributed by atoms with Crippen LogP contribution >= 0.6 is 0 Å². The molecule has 0 heterocycles. The van der Waals surface area contributed by atoms with Crippen LogP contribution in [0.25, 0.3) is 6.08 Å². The maximum absolute atomic E-state index is 12.6. The van der Waals surface area contributed by atoms with Gasteiger partial charge in [0.05, 0.1) is 0 Å². The Morgan fingerprint density at radius 1 is 1.10 bits per heavy atom. The number of Topliss-reactive ketones (excluding diaryl/α,β-unsaturated/α-hetero) is 1. The molecule has 0 N–H and O–H groups in total. The summed E-state index contributed by atoms with van der Waals surface area (Å²) in [6.07, 6.45) is 10.5. The number of hydrogen-bond acceptors (Lipinski definition) is 1. The van der Waals surface area contributed by atoms with Crippen LogP contribution in [-0.4, -0.2) is 5.78 Å². The van der Waals surface area contributed by atoms with Crippen molar-refractivity contribution in [2.24, 2.45) is 11.8 Å². The number of carbonyl (C=O) groups is 1. The van der Waals surface area contributed by atoms with Gasteiger partial charge in [-0.1, -0.05) is 44.0 Å². The molecule has 0 bridgehead atoms. The molecule has 2 aliphatic rings. The summed E-state index contributed by atoms with van der Waals surface area (Å²) in [7, 11) is 0. The van der Waals surface area contributed by atoms with Crippen LogP contribution in [-0.2, 0) is 11.2 Å². The third-order valence-corrected chi connectivity index (χ3v) is 5.08. The van der Waals surface area contributed by atoms with E-state index in [0.717, 1.165) is 24.8 Å². The molecule has 20 heavy (non-hydrogen) atoms. The summed E-state index contributed by atoms with van der Waals surface area (Å²) < 4.78 is 0. The lowest BCUT2D eigenvalue weighted by atomic mass is 9.88. The molecule has 0 unspecified atom stereocenters. The number of benzene rings is 1. The molecule has 106 valence electrons. The van der Waals surface area contributed by atoms with Crippen molar-refractivity contribution in [1.29, 1.82) is 0 Å². The Morgan fingerprint density at radius 3 is 2.45 bits per heavy atom. The number of allylic oxidation sites excluding steroid dienone is 1. The fourth-order valence-corrected chi connectivity index (χ4v) is 3.81. The van der Waals surface area contributed by atoms with E-state index in [1.165, 1.54) is 36.8 Å². The molecule has 0 aromatic heterocycles. The monoisotopic (exact) mass is 268 g/mol. The summed E-state index contributed by atoms with van der Waals surface area (Å²) >= 11 is 0. The highest BCUT2D eigenvalue weighted by Crippen LogP contribution is 2.40. The van der Waals surface area contributed by atoms with Gasteiger partial charge >= 0.3 is 0 Å². The SMILES string of the molecule is CCc1ccc(/C=C2\CC[C@@H](C3CCCC3)C2=O)cc1. The molecular formula is C19H24O. The molecule has 3 rings (SSSR count). The lowest BCUT2D eigenvalue weighted by Gasteiger charge is -2.15. The van der Waals surface area contributed by atoms with E-state index in [9.17, 15) is 4.79 Å². The number of rotatable bonds is 3. The largest absolute Gasteiger partial charge is 0.294 e. The summed E-state index contributed by atoms with van der Waals surface area (Å²) in [4.78, 5) is 12.6. The van der Waals surface area contributed by atoms with Crippen molar-refractivity contribution in [3.8, 4) is 0 Å². The molecule has 1 aromatic carbocycles. The Morgan fingerprint density at radius 2 is 1.80 bits per heavy atom. The van der Waals surface area contributed by atoms with Crippen molar-refractivity contribution in [2.45, 2.75) is 51.9 Å². The van der Waals surface area contributed by atoms with Gasteiger partial charge in [0.1, 0.15) is 0 Å².